The number of carbonyl (C=O) groups is 1. The first-order valence-electron chi connectivity index (χ1n) is 8.70. The summed E-state index contributed by atoms with van der Waals surface area (Å²) in [5.74, 6) is 0.834. The summed E-state index contributed by atoms with van der Waals surface area (Å²) >= 11 is 3.50. The standard InChI is InChI=1S/C19H20BrN5O/c1-24-10-8-16(23-24)19(26)21-15-3-2-9-25(12-15)18-7-5-13-4-6-14(20)11-17(13)22-18/h4-8,10-11,15H,2-3,9,12H2,1H3,(H,21,26). The summed E-state index contributed by atoms with van der Waals surface area (Å²) in [7, 11) is 1.81. The van der Waals surface area contributed by atoms with Gasteiger partial charge in [-0.2, -0.15) is 5.10 Å². The molecule has 3 heterocycles. The summed E-state index contributed by atoms with van der Waals surface area (Å²) in [6.45, 7) is 1.70. The Morgan fingerprint density at radius 1 is 1.27 bits per heavy atom. The summed E-state index contributed by atoms with van der Waals surface area (Å²) in [5, 5.41) is 8.39. The van der Waals surface area contributed by atoms with E-state index in [0.29, 0.717) is 5.69 Å². The number of hydrogen-bond acceptors (Lipinski definition) is 4. The van der Waals surface area contributed by atoms with Crippen molar-refractivity contribution in [1.82, 2.24) is 20.1 Å². The summed E-state index contributed by atoms with van der Waals surface area (Å²) < 4.78 is 2.66. The largest absolute Gasteiger partial charge is 0.355 e. The third-order valence-corrected chi connectivity index (χ3v) is 5.16. The van der Waals surface area contributed by atoms with Gasteiger partial charge in [0.2, 0.25) is 0 Å². The molecule has 7 heteroatoms. The molecule has 0 spiro atoms. The van der Waals surface area contributed by atoms with Gasteiger partial charge in [-0.05, 0) is 43.2 Å². The predicted molar refractivity (Wildman–Crippen MR) is 105 cm³/mol. The fourth-order valence-corrected chi connectivity index (χ4v) is 3.70. The predicted octanol–water partition coefficient (Wildman–Crippen LogP) is 3.13. The van der Waals surface area contributed by atoms with Gasteiger partial charge in [0.15, 0.2) is 0 Å². The zero-order valence-corrected chi connectivity index (χ0v) is 16.1. The van der Waals surface area contributed by atoms with E-state index in [1.54, 1.807) is 16.9 Å². The van der Waals surface area contributed by atoms with E-state index in [1.807, 2.05) is 19.2 Å². The Balaban J connectivity index is 1.48. The minimum Gasteiger partial charge on any atom is -0.355 e. The number of nitrogens with one attached hydrogen (secondary N) is 1. The number of nitrogens with zero attached hydrogens (tertiary/aromatic N) is 4. The number of amides is 1. The minimum atomic E-state index is -0.118. The second-order valence-electron chi connectivity index (χ2n) is 6.64. The third kappa shape index (κ3) is 3.58. The number of carbonyl (C=O) groups excluding carboxylic acids is 1. The number of fused-ring (bicyclic) bond motifs is 1. The van der Waals surface area contributed by atoms with E-state index in [-0.39, 0.29) is 11.9 Å². The van der Waals surface area contributed by atoms with Crippen LogP contribution in [0.4, 0.5) is 5.82 Å². The number of benzene rings is 1. The second kappa shape index (κ2) is 7.07. The van der Waals surface area contributed by atoms with Crippen LogP contribution >= 0.6 is 15.9 Å². The Labute approximate surface area is 160 Å². The summed E-state index contributed by atoms with van der Waals surface area (Å²) in [5.41, 5.74) is 1.43. The highest BCUT2D eigenvalue weighted by Gasteiger charge is 2.23. The molecule has 2 aromatic heterocycles. The van der Waals surface area contributed by atoms with Crippen LogP contribution in [0.2, 0.25) is 0 Å². The van der Waals surface area contributed by atoms with Crippen molar-refractivity contribution in [2.45, 2.75) is 18.9 Å². The van der Waals surface area contributed by atoms with Crippen molar-refractivity contribution in [2.75, 3.05) is 18.0 Å². The van der Waals surface area contributed by atoms with Crippen LogP contribution in [-0.2, 0) is 7.05 Å². The van der Waals surface area contributed by atoms with Gasteiger partial charge >= 0.3 is 0 Å². The monoisotopic (exact) mass is 413 g/mol. The number of piperidine rings is 1. The molecular formula is C19H20BrN5O. The molecule has 0 aliphatic carbocycles. The SMILES string of the molecule is Cn1ccc(C(=O)NC2CCCN(c3ccc4ccc(Br)cc4n3)C2)n1. The fourth-order valence-electron chi connectivity index (χ4n) is 3.35. The normalized spacial score (nSPS) is 17.5. The maximum atomic E-state index is 12.4. The zero-order valence-electron chi connectivity index (χ0n) is 14.5. The molecule has 26 heavy (non-hydrogen) atoms. The Morgan fingerprint density at radius 2 is 2.12 bits per heavy atom. The van der Waals surface area contributed by atoms with E-state index in [2.05, 4.69) is 49.4 Å². The van der Waals surface area contributed by atoms with Crippen LogP contribution in [0.1, 0.15) is 23.3 Å². The maximum Gasteiger partial charge on any atom is 0.272 e. The van der Waals surface area contributed by atoms with Gasteiger partial charge in [-0.1, -0.05) is 22.0 Å². The molecule has 1 aliphatic rings. The summed E-state index contributed by atoms with van der Waals surface area (Å²) in [6, 6.07) is 12.1. The van der Waals surface area contributed by atoms with E-state index in [4.69, 9.17) is 4.98 Å². The second-order valence-corrected chi connectivity index (χ2v) is 7.56. The lowest BCUT2D eigenvalue weighted by Gasteiger charge is -2.34. The smallest absolute Gasteiger partial charge is 0.272 e. The zero-order chi connectivity index (χ0) is 18.1. The molecule has 1 atom stereocenters. The molecule has 0 saturated carbocycles. The molecule has 1 aliphatic heterocycles. The molecular weight excluding hydrogens is 394 g/mol. The molecule has 1 amide bonds. The van der Waals surface area contributed by atoms with Crippen LogP contribution in [0, 0.1) is 0 Å². The molecule has 134 valence electrons. The molecule has 1 saturated heterocycles. The molecule has 4 rings (SSSR count). The van der Waals surface area contributed by atoms with E-state index >= 15 is 0 Å². The molecule has 1 N–H and O–H groups in total. The highest BCUT2D eigenvalue weighted by atomic mass is 79.9. The first kappa shape index (κ1) is 17.0. The molecule has 1 fully saturated rings. The van der Waals surface area contributed by atoms with Gasteiger partial charge in [-0.25, -0.2) is 4.98 Å². The first-order chi connectivity index (χ1) is 12.6. The van der Waals surface area contributed by atoms with Crippen LogP contribution < -0.4 is 10.2 Å². The van der Waals surface area contributed by atoms with Gasteiger partial charge in [0.25, 0.3) is 5.91 Å². The van der Waals surface area contributed by atoms with Gasteiger partial charge in [-0.15, -0.1) is 0 Å². The van der Waals surface area contributed by atoms with Crippen molar-refractivity contribution in [3.05, 3.63) is 52.8 Å². The van der Waals surface area contributed by atoms with Crippen molar-refractivity contribution in [1.29, 1.82) is 0 Å². The van der Waals surface area contributed by atoms with Crippen LogP contribution in [0.3, 0.4) is 0 Å². The fraction of sp³-hybridized carbons (Fsp3) is 0.316. The molecule has 3 aromatic rings. The van der Waals surface area contributed by atoms with Crippen LogP contribution in [-0.4, -0.2) is 39.8 Å². The van der Waals surface area contributed by atoms with E-state index in [0.717, 1.165) is 47.1 Å². The third-order valence-electron chi connectivity index (χ3n) is 4.67. The Bertz CT molecular complexity index is 954. The first-order valence-corrected chi connectivity index (χ1v) is 9.49. The van der Waals surface area contributed by atoms with Crippen LogP contribution in [0.25, 0.3) is 10.9 Å². The average Bonchev–Trinajstić information content (AvgIpc) is 3.08. The maximum absolute atomic E-state index is 12.4. The molecule has 6 nitrogen and oxygen atoms in total. The highest BCUT2D eigenvalue weighted by Crippen LogP contribution is 2.24. The number of rotatable bonds is 3. The van der Waals surface area contributed by atoms with Gasteiger partial charge in [0.1, 0.15) is 11.5 Å². The van der Waals surface area contributed by atoms with Gasteiger partial charge in [0, 0.05) is 42.2 Å². The number of halogens is 1. The Morgan fingerprint density at radius 3 is 2.92 bits per heavy atom. The van der Waals surface area contributed by atoms with Crippen molar-refractivity contribution in [3.63, 3.8) is 0 Å². The quantitative estimate of drug-likeness (QED) is 0.716. The molecule has 1 unspecified atom stereocenters. The number of aromatic nitrogens is 3. The molecule has 0 radical (unpaired) electrons. The highest BCUT2D eigenvalue weighted by molar-refractivity contribution is 9.10. The van der Waals surface area contributed by atoms with Gasteiger partial charge in [0.05, 0.1) is 5.52 Å². The van der Waals surface area contributed by atoms with E-state index in [9.17, 15) is 4.79 Å². The van der Waals surface area contributed by atoms with Gasteiger partial charge < -0.3 is 10.2 Å². The topological polar surface area (TPSA) is 63.1 Å². The van der Waals surface area contributed by atoms with E-state index < -0.39 is 0 Å². The summed E-state index contributed by atoms with van der Waals surface area (Å²) in [6.07, 6.45) is 3.76. The van der Waals surface area contributed by atoms with Crippen molar-refractivity contribution in [2.24, 2.45) is 7.05 Å². The Kier molecular flexibility index (Phi) is 4.63. The summed E-state index contributed by atoms with van der Waals surface area (Å²) in [4.78, 5) is 19.4. The lowest BCUT2D eigenvalue weighted by atomic mass is 10.1. The lowest BCUT2D eigenvalue weighted by Crippen LogP contribution is -2.48. The minimum absolute atomic E-state index is 0.0956. The van der Waals surface area contributed by atoms with Crippen molar-refractivity contribution in [3.8, 4) is 0 Å². The van der Waals surface area contributed by atoms with E-state index in [1.165, 1.54) is 0 Å². The molecule has 0 bridgehead atoms. The number of hydrogen-bond donors (Lipinski definition) is 1. The number of aryl methyl sites for hydroxylation is 1. The van der Waals surface area contributed by atoms with Crippen LogP contribution in [0.5, 0.6) is 0 Å². The van der Waals surface area contributed by atoms with Gasteiger partial charge in [-0.3, -0.25) is 9.48 Å². The van der Waals surface area contributed by atoms with Crippen molar-refractivity contribution < 1.29 is 4.79 Å². The average molecular weight is 414 g/mol. The number of anilines is 1. The van der Waals surface area contributed by atoms with Crippen molar-refractivity contribution >= 4 is 38.6 Å². The lowest BCUT2D eigenvalue weighted by molar-refractivity contribution is 0.0927. The Hall–Kier alpha value is -2.41. The molecule has 1 aromatic carbocycles. The number of pyridine rings is 1. The van der Waals surface area contributed by atoms with Crippen LogP contribution in [0.15, 0.2) is 47.1 Å².